The standard InChI is InChI=1S/C15H15ClN2O2/c16-12-8-11(6-7-13(12)17)15(20)18-14(9-19)10-4-2-1-3-5-10/h1-8,14,19H,9,17H2,(H,18,20)/t14-/m1/s1. The molecule has 5 heteroatoms. The Morgan fingerprint density at radius 3 is 2.55 bits per heavy atom. The molecule has 0 radical (unpaired) electrons. The summed E-state index contributed by atoms with van der Waals surface area (Å²) < 4.78 is 0. The van der Waals surface area contributed by atoms with Gasteiger partial charge in [0, 0.05) is 5.56 Å². The van der Waals surface area contributed by atoms with Crippen LogP contribution in [-0.2, 0) is 0 Å². The number of amides is 1. The molecular formula is C15H15ClN2O2. The van der Waals surface area contributed by atoms with Crippen LogP contribution in [0.1, 0.15) is 22.0 Å². The lowest BCUT2D eigenvalue weighted by Gasteiger charge is -2.17. The molecule has 104 valence electrons. The number of anilines is 1. The van der Waals surface area contributed by atoms with E-state index in [1.54, 1.807) is 12.1 Å². The highest BCUT2D eigenvalue weighted by atomic mass is 35.5. The number of aliphatic hydroxyl groups excluding tert-OH is 1. The molecule has 0 aliphatic heterocycles. The molecule has 0 saturated heterocycles. The highest BCUT2D eigenvalue weighted by molar-refractivity contribution is 6.33. The fraction of sp³-hybridized carbons (Fsp3) is 0.133. The molecule has 20 heavy (non-hydrogen) atoms. The molecule has 0 fully saturated rings. The molecule has 0 unspecified atom stereocenters. The number of nitrogen functional groups attached to an aromatic ring is 1. The summed E-state index contributed by atoms with van der Waals surface area (Å²) in [6.07, 6.45) is 0. The first-order valence-electron chi connectivity index (χ1n) is 6.13. The molecule has 4 nitrogen and oxygen atoms in total. The van der Waals surface area contributed by atoms with Crippen molar-refractivity contribution in [2.24, 2.45) is 0 Å². The largest absolute Gasteiger partial charge is 0.398 e. The zero-order valence-corrected chi connectivity index (χ0v) is 11.5. The number of carbonyl (C=O) groups excluding carboxylic acids is 1. The summed E-state index contributed by atoms with van der Waals surface area (Å²) in [5, 5.41) is 12.5. The van der Waals surface area contributed by atoms with Crippen molar-refractivity contribution in [1.82, 2.24) is 5.32 Å². The SMILES string of the molecule is Nc1ccc(C(=O)N[C@H](CO)c2ccccc2)cc1Cl. The molecule has 1 amide bonds. The van der Waals surface area contributed by atoms with Crippen molar-refractivity contribution in [3.63, 3.8) is 0 Å². The van der Waals surface area contributed by atoms with Gasteiger partial charge in [-0.15, -0.1) is 0 Å². The number of nitrogens with one attached hydrogen (secondary N) is 1. The van der Waals surface area contributed by atoms with Gasteiger partial charge in [0.2, 0.25) is 0 Å². The highest BCUT2D eigenvalue weighted by Crippen LogP contribution is 2.20. The minimum atomic E-state index is -0.458. The number of rotatable bonds is 4. The van der Waals surface area contributed by atoms with Crippen molar-refractivity contribution in [2.75, 3.05) is 12.3 Å². The van der Waals surface area contributed by atoms with Gasteiger partial charge in [-0.2, -0.15) is 0 Å². The highest BCUT2D eigenvalue weighted by Gasteiger charge is 2.15. The van der Waals surface area contributed by atoms with Crippen molar-refractivity contribution in [2.45, 2.75) is 6.04 Å². The van der Waals surface area contributed by atoms with Crippen molar-refractivity contribution in [3.8, 4) is 0 Å². The first-order chi connectivity index (χ1) is 9.61. The van der Waals surface area contributed by atoms with Gasteiger partial charge in [-0.25, -0.2) is 0 Å². The minimum absolute atomic E-state index is 0.182. The van der Waals surface area contributed by atoms with E-state index < -0.39 is 6.04 Å². The lowest BCUT2D eigenvalue weighted by atomic mass is 10.1. The van der Waals surface area contributed by atoms with E-state index in [-0.39, 0.29) is 12.5 Å². The Kier molecular flexibility index (Phi) is 4.61. The summed E-state index contributed by atoms with van der Waals surface area (Å²) in [5.41, 5.74) is 7.26. The fourth-order valence-corrected chi connectivity index (χ4v) is 2.01. The van der Waals surface area contributed by atoms with Gasteiger partial charge in [-0.05, 0) is 23.8 Å². The lowest BCUT2D eigenvalue weighted by molar-refractivity contribution is 0.0916. The number of carbonyl (C=O) groups is 1. The van der Waals surface area contributed by atoms with Crippen LogP contribution in [0.5, 0.6) is 0 Å². The summed E-state index contributed by atoms with van der Waals surface area (Å²) in [7, 11) is 0. The maximum absolute atomic E-state index is 12.1. The second-order valence-corrected chi connectivity index (χ2v) is 4.76. The number of benzene rings is 2. The van der Waals surface area contributed by atoms with E-state index in [1.807, 2.05) is 30.3 Å². The average Bonchev–Trinajstić information content (AvgIpc) is 2.48. The van der Waals surface area contributed by atoms with E-state index in [2.05, 4.69) is 5.32 Å². The molecule has 0 aliphatic rings. The zero-order valence-electron chi connectivity index (χ0n) is 10.7. The van der Waals surface area contributed by atoms with Gasteiger partial charge < -0.3 is 16.2 Å². The van der Waals surface area contributed by atoms with Crippen LogP contribution < -0.4 is 11.1 Å². The molecule has 2 aromatic rings. The Morgan fingerprint density at radius 2 is 1.95 bits per heavy atom. The van der Waals surface area contributed by atoms with Crippen LogP contribution in [-0.4, -0.2) is 17.6 Å². The fourth-order valence-electron chi connectivity index (χ4n) is 1.83. The van der Waals surface area contributed by atoms with Crippen LogP contribution in [0.15, 0.2) is 48.5 Å². The van der Waals surface area contributed by atoms with Gasteiger partial charge in [0.1, 0.15) is 0 Å². The average molecular weight is 291 g/mol. The van der Waals surface area contributed by atoms with Crippen LogP contribution in [0.25, 0.3) is 0 Å². The van der Waals surface area contributed by atoms with Crippen LogP contribution in [0.2, 0.25) is 5.02 Å². The number of halogens is 1. The van der Waals surface area contributed by atoms with Gasteiger partial charge >= 0.3 is 0 Å². The Morgan fingerprint density at radius 1 is 1.25 bits per heavy atom. The van der Waals surface area contributed by atoms with E-state index in [1.165, 1.54) is 6.07 Å². The van der Waals surface area contributed by atoms with E-state index in [0.29, 0.717) is 16.3 Å². The molecule has 0 heterocycles. The molecule has 2 aromatic carbocycles. The number of nitrogens with two attached hydrogens (primary N) is 1. The quantitative estimate of drug-likeness (QED) is 0.757. The first kappa shape index (κ1) is 14.4. The van der Waals surface area contributed by atoms with Crippen LogP contribution >= 0.6 is 11.6 Å². The second kappa shape index (κ2) is 6.41. The Labute approximate surface area is 122 Å². The Balaban J connectivity index is 2.15. The third-order valence-electron chi connectivity index (χ3n) is 2.95. The number of hydrogen-bond acceptors (Lipinski definition) is 3. The van der Waals surface area contributed by atoms with Crippen molar-refractivity contribution >= 4 is 23.2 Å². The summed E-state index contributed by atoms with van der Waals surface area (Å²) in [5.74, 6) is -0.310. The van der Waals surface area contributed by atoms with Gasteiger partial charge in [-0.3, -0.25) is 4.79 Å². The lowest BCUT2D eigenvalue weighted by Crippen LogP contribution is -2.30. The molecule has 0 saturated carbocycles. The second-order valence-electron chi connectivity index (χ2n) is 4.36. The molecule has 0 aromatic heterocycles. The van der Waals surface area contributed by atoms with Gasteiger partial charge in [0.25, 0.3) is 5.91 Å². The normalized spacial score (nSPS) is 11.9. The van der Waals surface area contributed by atoms with Crippen LogP contribution in [0.4, 0.5) is 5.69 Å². The van der Waals surface area contributed by atoms with E-state index >= 15 is 0 Å². The Bertz CT molecular complexity index is 602. The maximum atomic E-state index is 12.1. The zero-order chi connectivity index (χ0) is 14.5. The predicted octanol–water partition coefficient (Wildman–Crippen LogP) is 2.39. The summed E-state index contributed by atoms with van der Waals surface area (Å²) in [6.45, 7) is -0.182. The minimum Gasteiger partial charge on any atom is -0.398 e. The third-order valence-corrected chi connectivity index (χ3v) is 3.28. The first-order valence-corrected chi connectivity index (χ1v) is 6.51. The summed E-state index contributed by atoms with van der Waals surface area (Å²) in [4.78, 5) is 12.1. The summed E-state index contributed by atoms with van der Waals surface area (Å²) in [6, 6.07) is 13.5. The molecule has 2 rings (SSSR count). The third kappa shape index (κ3) is 3.29. The van der Waals surface area contributed by atoms with Gasteiger partial charge in [0.05, 0.1) is 23.4 Å². The van der Waals surface area contributed by atoms with Crippen molar-refractivity contribution in [3.05, 3.63) is 64.7 Å². The number of hydrogen-bond donors (Lipinski definition) is 3. The molecule has 0 spiro atoms. The van der Waals surface area contributed by atoms with E-state index in [0.717, 1.165) is 5.56 Å². The monoisotopic (exact) mass is 290 g/mol. The van der Waals surface area contributed by atoms with E-state index in [4.69, 9.17) is 17.3 Å². The van der Waals surface area contributed by atoms with Crippen molar-refractivity contribution in [1.29, 1.82) is 0 Å². The van der Waals surface area contributed by atoms with Crippen molar-refractivity contribution < 1.29 is 9.90 Å². The number of aliphatic hydroxyl groups is 1. The van der Waals surface area contributed by atoms with E-state index in [9.17, 15) is 9.90 Å². The molecule has 0 bridgehead atoms. The topological polar surface area (TPSA) is 75.4 Å². The van der Waals surface area contributed by atoms with Crippen LogP contribution in [0, 0.1) is 0 Å². The maximum Gasteiger partial charge on any atom is 0.251 e. The Hall–Kier alpha value is -2.04. The summed E-state index contributed by atoms with van der Waals surface area (Å²) >= 11 is 5.89. The van der Waals surface area contributed by atoms with Crippen LogP contribution in [0.3, 0.4) is 0 Å². The molecular weight excluding hydrogens is 276 g/mol. The van der Waals surface area contributed by atoms with Gasteiger partial charge in [0.15, 0.2) is 0 Å². The predicted molar refractivity (Wildman–Crippen MR) is 79.6 cm³/mol. The smallest absolute Gasteiger partial charge is 0.251 e. The molecule has 1 atom stereocenters. The molecule has 0 aliphatic carbocycles. The molecule has 4 N–H and O–H groups in total. The van der Waals surface area contributed by atoms with Gasteiger partial charge in [-0.1, -0.05) is 41.9 Å².